The van der Waals surface area contributed by atoms with Gasteiger partial charge in [0, 0.05) is 58.4 Å². The van der Waals surface area contributed by atoms with Gasteiger partial charge in [0.25, 0.3) is 5.69 Å². The van der Waals surface area contributed by atoms with Gasteiger partial charge in [-0.15, -0.1) is 0 Å². The van der Waals surface area contributed by atoms with E-state index < -0.39 is 45.2 Å². The van der Waals surface area contributed by atoms with Gasteiger partial charge in [0.05, 0.1) is 27.9 Å². The summed E-state index contributed by atoms with van der Waals surface area (Å²) in [7, 11) is -10.4. The van der Waals surface area contributed by atoms with Crippen LogP contribution in [0.2, 0.25) is 0 Å². The van der Waals surface area contributed by atoms with E-state index in [0.717, 1.165) is 6.07 Å². The van der Waals surface area contributed by atoms with Crippen LogP contribution in [-0.4, -0.2) is 120 Å². The fourth-order valence-corrected chi connectivity index (χ4v) is 7.90. The van der Waals surface area contributed by atoms with Crippen molar-refractivity contribution in [2.45, 2.75) is 4.90 Å². The van der Waals surface area contributed by atoms with Crippen molar-refractivity contribution in [2.24, 2.45) is 0 Å². The van der Waals surface area contributed by atoms with Crippen molar-refractivity contribution >= 4 is 35.4 Å². The molecule has 0 spiro atoms. The first-order valence-electron chi connectivity index (χ1n) is 10.5. The van der Waals surface area contributed by atoms with Crippen LogP contribution in [-0.2, 0) is 29.7 Å². The van der Waals surface area contributed by atoms with Crippen molar-refractivity contribution in [3.63, 3.8) is 0 Å². The van der Waals surface area contributed by atoms with E-state index in [-0.39, 0.29) is 49.2 Å². The number of hydrogen-bond donors (Lipinski definition) is 0. The van der Waals surface area contributed by atoms with Crippen molar-refractivity contribution in [2.75, 3.05) is 75.4 Å². The molecule has 1 aromatic carbocycles. The summed E-state index contributed by atoms with van der Waals surface area (Å²) in [5.74, 6) is 0.0244. The second-order valence-electron chi connectivity index (χ2n) is 8.12. The second kappa shape index (κ2) is 10.3. The molecular weight excluding hydrogens is 496 g/mol. The molecule has 33 heavy (non-hydrogen) atoms. The summed E-state index contributed by atoms with van der Waals surface area (Å²) >= 11 is 0. The van der Waals surface area contributed by atoms with Crippen molar-refractivity contribution in [1.29, 1.82) is 0 Å². The van der Waals surface area contributed by atoms with Crippen LogP contribution in [0.3, 0.4) is 0 Å². The predicted octanol–water partition coefficient (Wildman–Crippen LogP) is -0.954. The van der Waals surface area contributed by atoms with Crippen LogP contribution >= 0.6 is 0 Å². The number of nitrogens with zero attached hydrogens (tertiary/aromatic N) is 4. The molecule has 0 amide bonds. The highest BCUT2D eigenvalue weighted by atomic mass is 32.2. The van der Waals surface area contributed by atoms with Crippen LogP contribution in [0.1, 0.15) is 0 Å². The van der Waals surface area contributed by atoms with E-state index in [1.54, 1.807) is 0 Å². The molecule has 0 aliphatic carbocycles. The molecule has 2 saturated heterocycles. The van der Waals surface area contributed by atoms with Crippen molar-refractivity contribution in [1.82, 2.24) is 14.1 Å². The SMILES string of the molecule is O=[N+]([O-])c1ccccc1S(=O)(=O)N(CCN1CCS(=O)(=O)CC1)CCN1CCS(=O)(=O)CC1. The first-order chi connectivity index (χ1) is 15.4. The Hall–Kier alpha value is -1.65. The van der Waals surface area contributed by atoms with Crippen molar-refractivity contribution in [3.8, 4) is 0 Å². The molecule has 0 bridgehead atoms. The zero-order chi connectivity index (χ0) is 24.3. The van der Waals surface area contributed by atoms with E-state index in [2.05, 4.69) is 0 Å². The smallest absolute Gasteiger partial charge is 0.289 e. The summed E-state index contributed by atoms with van der Waals surface area (Å²) in [6.45, 7) is 1.81. The standard InChI is InChI=1S/C18H28N4O8S3/c23-22(24)17-3-1-2-4-18(17)33(29,30)21(7-5-19-9-13-31(25,26)14-10-19)8-6-20-11-15-32(27,28)16-12-20/h1-4H,5-16H2. The molecule has 0 saturated carbocycles. The molecule has 3 rings (SSSR count). The minimum atomic E-state index is -4.22. The normalized spacial score (nSPS) is 21.7. The third-order valence-electron chi connectivity index (χ3n) is 5.89. The fraction of sp³-hybridized carbons (Fsp3) is 0.667. The molecule has 2 heterocycles. The van der Waals surface area contributed by atoms with Gasteiger partial charge in [0.15, 0.2) is 24.6 Å². The van der Waals surface area contributed by atoms with Gasteiger partial charge in [-0.2, -0.15) is 4.31 Å². The van der Waals surface area contributed by atoms with Gasteiger partial charge in [-0.25, -0.2) is 25.3 Å². The predicted molar refractivity (Wildman–Crippen MR) is 122 cm³/mol. The van der Waals surface area contributed by atoms with Crippen molar-refractivity contribution in [3.05, 3.63) is 34.4 Å². The van der Waals surface area contributed by atoms with Crippen molar-refractivity contribution < 1.29 is 30.2 Å². The maximum absolute atomic E-state index is 13.4. The molecule has 2 fully saturated rings. The highest BCUT2D eigenvalue weighted by Crippen LogP contribution is 2.26. The lowest BCUT2D eigenvalue weighted by Crippen LogP contribution is -2.48. The van der Waals surface area contributed by atoms with Crippen LogP contribution in [0.5, 0.6) is 0 Å². The molecule has 2 aliphatic rings. The molecule has 0 N–H and O–H groups in total. The highest BCUT2D eigenvalue weighted by molar-refractivity contribution is 7.91. The van der Waals surface area contributed by atoms with Gasteiger partial charge in [-0.1, -0.05) is 12.1 Å². The molecule has 0 atom stereocenters. The summed E-state index contributed by atoms with van der Waals surface area (Å²) in [6, 6.07) is 5.14. The Balaban J connectivity index is 1.76. The average molecular weight is 525 g/mol. The molecule has 15 heteroatoms. The molecular formula is C18H28N4O8S3. The summed E-state index contributed by atoms with van der Waals surface area (Å²) in [5, 5.41) is 11.4. The molecule has 2 aliphatic heterocycles. The molecule has 186 valence electrons. The average Bonchev–Trinajstić information content (AvgIpc) is 2.75. The Kier molecular flexibility index (Phi) is 8.11. The maximum atomic E-state index is 13.4. The number of nitro groups is 1. The number of rotatable bonds is 9. The van der Waals surface area contributed by atoms with E-state index in [1.165, 1.54) is 22.5 Å². The minimum Gasteiger partial charge on any atom is -0.300 e. The fourth-order valence-electron chi connectivity index (χ4n) is 3.77. The van der Waals surface area contributed by atoms with Gasteiger partial charge < -0.3 is 9.80 Å². The van der Waals surface area contributed by atoms with Gasteiger partial charge in [0.1, 0.15) is 0 Å². The zero-order valence-electron chi connectivity index (χ0n) is 18.1. The van der Waals surface area contributed by atoms with Crippen LogP contribution in [0.4, 0.5) is 5.69 Å². The minimum absolute atomic E-state index is 0.00611. The van der Waals surface area contributed by atoms with E-state index in [4.69, 9.17) is 0 Å². The van der Waals surface area contributed by atoms with E-state index in [1.807, 2.05) is 9.80 Å². The Bertz CT molecular complexity index is 1110. The lowest BCUT2D eigenvalue weighted by molar-refractivity contribution is -0.387. The highest BCUT2D eigenvalue weighted by Gasteiger charge is 2.33. The molecule has 12 nitrogen and oxygen atoms in total. The molecule has 0 aromatic heterocycles. The van der Waals surface area contributed by atoms with Gasteiger partial charge in [0.2, 0.25) is 10.0 Å². The quantitative estimate of drug-likeness (QED) is 0.291. The number of sulfone groups is 2. The van der Waals surface area contributed by atoms with Gasteiger partial charge in [-0.05, 0) is 6.07 Å². The Morgan fingerprint density at radius 3 is 1.70 bits per heavy atom. The Labute approximate surface area is 194 Å². The third-order valence-corrected chi connectivity index (χ3v) is 11.0. The topological polar surface area (TPSA) is 155 Å². The number of nitro benzene ring substituents is 1. The lowest BCUT2D eigenvalue weighted by atomic mass is 10.3. The lowest BCUT2D eigenvalue weighted by Gasteiger charge is -2.32. The van der Waals surface area contributed by atoms with E-state index >= 15 is 0 Å². The Morgan fingerprint density at radius 2 is 1.27 bits per heavy atom. The number of benzene rings is 1. The number of hydrogen-bond acceptors (Lipinski definition) is 10. The second-order valence-corrected chi connectivity index (χ2v) is 14.6. The van der Waals surface area contributed by atoms with Crippen LogP contribution in [0.25, 0.3) is 0 Å². The summed E-state index contributed by atoms with van der Waals surface area (Å²) in [5.41, 5.74) is -0.518. The van der Waals surface area contributed by atoms with E-state index in [0.29, 0.717) is 26.2 Å². The maximum Gasteiger partial charge on any atom is 0.289 e. The van der Waals surface area contributed by atoms with Gasteiger partial charge >= 0.3 is 0 Å². The molecule has 0 unspecified atom stereocenters. The third kappa shape index (κ3) is 6.93. The summed E-state index contributed by atoms with van der Waals surface area (Å²) in [4.78, 5) is 14.0. The van der Waals surface area contributed by atoms with Crippen LogP contribution in [0.15, 0.2) is 29.2 Å². The van der Waals surface area contributed by atoms with Crippen LogP contribution in [0, 0.1) is 10.1 Å². The number of sulfonamides is 1. The first kappa shape index (κ1) is 26.0. The first-order valence-corrected chi connectivity index (χ1v) is 15.6. The van der Waals surface area contributed by atoms with E-state index in [9.17, 15) is 35.4 Å². The number of para-hydroxylation sites is 1. The van der Waals surface area contributed by atoms with Crippen LogP contribution < -0.4 is 0 Å². The Morgan fingerprint density at radius 1 is 0.848 bits per heavy atom. The summed E-state index contributed by atoms with van der Waals surface area (Å²) in [6.07, 6.45) is 0. The molecule has 0 radical (unpaired) electrons. The largest absolute Gasteiger partial charge is 0.300 e. The summed E-state index contributed by atoms with van der Waals surface area (Å²) < 4.78 is 74.6. The monoisotopic (exact) mass is 524 g/mol. The van der Waals surface area contributed by atoms with Gasteiger partial charge in [-0.3, -0.25) is 10.1 Å². The zero-order valence-corrected chi connectivity index (χ0v) is 20.5. The molecule has 1 aromatic rings.